The predicted molar refractivity (Wildman–Crippen MR) is 57.7 cm³/mol. The fourth-order valence-electron chi connectivity index (χ4n) is 1.40. The normalized spacial score (nSPS) is 11.8. The summed E-state index contributed by atoms with van der Waals surface area (Å²) in [5.74, 6) is -1.45. The summed E-state index contributed by atoms with van der Waals surface area (Å²) in [6, 6.07) is 3.35. The standard InChI is InChI=1S/C11H12F3NO3/c1-15(6-11(12,13)14)5-10(18)7-2-3-8(16)9(17)4-7/h2-4,16-17H,5-6H2,1H3. The molecule has 0 bridgehead atoms. The highest BCUT2D eigenvalue weighted by atomic mass is 19.4. The number of benzene rings is 1. The first-order valence-electron chi connectivity index (χ1n) is 4.99. The van der Waals surface area contributed by atoms with E-state index in [1.165, 1.54) is 13.1 Å². The Morgan fingerprint density at radius 1 is 1.28 bits per heavy atom. The van der Waals surface area contributed by atoms with Crippen molar-refractivity contribution in [2.75, 3.05) is 20.1 Å². The largest absolute Gasteiger partial charge is 0.504 e. The average molecular weight is 263 g/mol. The number of nitrogens with zero attached hydrogens (tertiary/aromatic N) is 1. The summed E-state index contributed by atoms with van der Waals surface area (Å²) >= 11 is 0. The molecular weight excluding hydrogens is 251 g/mol. The summed E-state index contributed by atoms with van der Waals surface area (Å²) < 4.78 is 36.1. The maximum absolute atomic E-state index is 12.0. The van der Waals surface area contributed by atoms with Crippen molar-refractivity contribution in [2.45, 2.75) is 6.18 Å². The first-order valence-corrected chi connectivity index (χ1v) is 4.99. The highest BCUT2D eigenvalue weighted by Crippen LogP contribution is 2.25. The molecule has 18 heavy (non-hydrogen) atoms. The van der Waals surface area contributed by atoms with Gasteiger partial charge in [-0.05, 0) is 25.2 Å². The number of ketones is 1. The maximum atomic E-state index is 12.0. The number of hydrogen-bond acceptors (Lipinski definition) is 4. The lowest BCUT2D eigenvalue weighted by Gasteiger charge is -2.17. The highest BCUT2D eigenvalue weighted by molar-refractivity contribution is 5.98. The van der Waals surface area contributed by atoms with E-state index in [4.69, 9.17) is 5.11 Å². The second-order valence-corrected chi connectivity index (χ2v) is 3.91. The second-order valence-electron chi connectivity index (χ2n) is 3.91. The third-order valence-electron chi connectivity index (χ3n) is 2.16. The Bertz CT molecular complexity index is 446. The van der Waals surface area contributed by atoms with Gasteiger partial charge in [-0.2, -0.15) is 13.2 Å². The van der Waals surface area contributed by atoms with Crippen molar-refractivity contribution < 1.29 is 28.2 Å². The molecule has 0 atom stereocenters. The molecule has 0 amide bonds. The summed E-state index contributed by atoms with van der Waals surface area (Å²) in [5, 5.41) is 18.2. The smallest absolute Gasteiger partial charge is 0.401 e. The van der Waals surface area contributed by atoms with Crippen molar-refractivity contribution in [2.24, 2.45) is 0 Å². The van der Waals surface area contributed by atoms with Crippen LogP contribution in [0.25, 0.3) is 0 Å². The number of carbonyl (C=O) groups is 1. The molecule has 100 valence electrons. The predicted octanol–water partition coefficient (Wildman–Crippen LogP) is 1.77. The Labute approximate surface area is 101 Å². The minimum atomic E-state index is -4.37. The van der Waals surface area contributed by atoms with E-state index < -0.39 is 36.5 Å². The van der Waals surface area contributed by atoms with E-state index >= 15 is 0 Å². The van der Waals surface area contributed by atoms with Crippen LogP contribution in [0, 0.1) is 0 Å². The SMILES string of the molecule is CN(CC(=O)c1ccc(O)c(O)c1)CC(F)(F)F. The molecule has 7 heteroatoms. The van der Waals surface area contributed by atoms with Gasteiger partial charge in [0.2, 0.25) is 0 Å². The fraction of sp³-hybridized carbons (Fsp3) is 0.364. The first-order chi connectivity index (χ1) is 8.19. The molecule has 0 aliphatic heterocycles. The minimum absolute atomic E-state index is 0.0410. The van der Waals surface area contributed by atoms with Crippen LogP contribution < -0.4 is 0 Å². The monoisotopic (exact) mass is 263 g/mol. The van der Waals surface area contributed by atoms with Gasteiger partial charge in [-0.25, -0.2) is 0 Å². The number of alkyl halides is 3. The molecule has 0 fully saturated rings. The van der Waals surface area contributed by atoms with E-state index in [-0.39, 0.29) is 5.56 Å². The third-order valence-corrected chi connectivity index (χ3v) is 2.16. The minimum Gasteiger partial charge on any atom is -0.504 e. The Kier molecular flexibility index (Phi) is 4.18. The van der Waals surface area contributed by atoms with E-state index in [1.54, 1.807) is 0 Å². The van der Waals surface area contributed by atoms with Crippen LogP contribution in [0.4, 0.5) is 13.2 Å². The van der Waals surface area contributed by atoms with Crippen molar-refractivity contribution in [1.29, 1.82) is 0 Å². The van der Waals surface area contributed by atoms with Crippen LogP contribution in [-0.2, 0) is 0 Å². The van der Waals surface area contributed by atoms with Gasteiger partial charge in [0.15, 0.2) is 17.3 Å². The van der Waals surface area contributed by atoms with Crippen molar-refractivity contribution in [3.05, 3.63) is 23.8 Å². The lowest BCUT2D eigenvalue weighted by molar-refractivity contribution is -0.141. The molecule has 0 aliphatic rings. The molecule has 0 aromatic heterocycles. The van der Waals surface area contributed by atoms with Gasteiger partial charge in [0.1, 0.15) is 0 Å². The highest BCUT2D eigenvalue weighted by Gasteiger charge is 2.29. The molecule has 1 rings (SSSR count). The topological polar surface area (TPSA) is 60.8 Å². The molecule has 1 aromatic rings. The fourth-order valence-corrected chi connectivity index (χ4v) is 1.40. The summed E-state index contributed by atoms with van der Waals surface area (Å²) in [6.07, 6.45) is -4.37. The lowest BCUT2D eigenvalue weighted by Crippen LogP contribution is -2.34. The van der Waals surface area contributed by atoms with Crippen LogP contribution in [0.3, 0.4) is 0 Å². The summed E-state index contributed by atoms with van der Waals surface area (Å²) in [6.45, 7) is -1.62. The molecular formula is C11H12F3NO3. The Hall–Kier alpha value is -1.76. The Balaban J connectivity index is 2.68. The zero-order valence-corrected chi connectivity index (χ0v) is 9.53. The molecule has 0 saturated carbocycles. The van der Waals surface area contributed by atoms with Gasteiger partial charge < -0.3 is 10.2 Å². The Morgan fingerprint density at radius 3 is 2.39 bits per heavy atom. The molecule has 0 aliphatic carbocycles. The molecule has 0 radical (unpaired) electrons. The van der Waals surface area contributed by atoms with Crippen LogP contribution in [0.15, 0.2) is 18.2 Å². The Morgan fingerprint density at radius 2 is 1.89 bits per heavy atom. The van der Waals surface area contributed by atoms with E-state index in [2.05, 4.69) is 0 Å². The van der Waals surface area contributed by atoms with E-state index in [1.807, 2.05) is 0 Å². The molecule has 0 spiro atoms. The van der Waals surface area contributed by atoms with Crippen molar-refractivity contribution in [1.82, 2.24) is 4.90 Å². The van der Waals surface area contributed by atoms with E-state index in [0.717, 1.165) is 17.0 Å². The van der Waals surface area contributed by atoms with Crippen LogP contribution >= 0.6 is 0 Å². The number of likely N-dealkylation sites (N-methyl/N-ethyl adjacent to an activating group) is 1. The zero-order valence-electron chi connectivity index (χ0n) is 9.53. The van der Waals surface area contributed by atoms with Crippen LogP contribution in [0.2, 0.25) is 0 Å². The number of phenolic OH excluding ortho intramolecular Hbond substituents is 2. The van der Waals surface area contributed by atoms with Crippen molar-refractivity contribution >= 4 is 5.78 Å². The zero-order chi connectivity index (χ0) is 13.9. The second kappa shape index (κ2) is 5.26. The first kappa shape index (κ1) is 14.3. The molecule has 4 nitrogen and oxygen atoms in total. The van der Waals surface area contributed by atoms with Gasteiger partial charge in [0.05, 0.1) is 13.1 Å². The molecule has 2 N–H and O–H groups in total. The van der Waals surface area contributed by atoms with Gasteiger partial charge in [-0.3, -0.25) is 9.69 Å². The van der Waals surface area contributed by atoms with Gasteiger partial charge in [-0.15, -0.1) is 0 Å². The molecule has 1 aromatic carbocycles. The van der Waals surface area contributed by atoms with Gasteiger partial charge in [-0.1, -0.05) is 0 Å². The van der Waals surface area contributed by atoms with Gasteiger partial charge in [0, 0.05) is 5.56 Å². The number of phenols is 2. The van der Waals surface area contributed by atoms with Gasteiger partial charge >= 0.3 is 6.18 Å². The number of halogens is 3. The van der Waals surface area contributed by atoms with E-state index in [9.17, 15) is 23.1 Å². The number of Topliss-reactive ketones (excluding diaryl/α,β-unsaturated/α-hetero) is 1. The van der Waals surface area contributed by atoms with Crippen LogP contribution in [0.1, 0.15) is 10.4 Å². The number of rotatable bonds is 4. The molecule has 0 saturated heterocycles. The lowest BCUT2D eigenvalue weighted by atomic mass is 10.1. The van der Waals surface area contributed by atoms with E-state index in [0.29, 0.717) is 0 Å². The number of carbonyl (C=O) groups excluding carboxylic acids is 1. The summed E-state index contributed by atoms with van der Waals surface area (Å²) in [4.78, 5) is 12.4. The van der Waals surface area contributed by atoms with Crippen molar-refractivity contribution in [3.63, 3.8) is 0 Å². The van der Waals surface area contributed by atoms with Gasteiger partial charge in [0.25, 0.3) is 0 Å². The van der Waals surface area contributed by atoms with Crippen LogP contribution in [0.5, 0.6) is 11.5 Å². The molecule has 0 unspecified atom stereocenters. The third kappa shape index (κ3) is 4.25. The average Bonchev–Trinajstić information content (AvgIpc) is 2.18. The number of hydrogen-bond donors (Lipinski definition) is 2. The molecule has 0 heterocycles. The maximum Gasteiger partial charge on any atom is 0.401 e. The number of aromatic hydroxyl groups is 2. The quantitative estimate of drug-likeness (QED) is 0.642. The summed E-state index contributed by atoms with van der Waals surface area (Å²) in [5.41, 5.74) is 0.0410. The van der Waals surface area contributed by atoms with Crippen molar-refractivity contribution in [3.8, 4) is 11.5 Å². The van der Waals surface area contributed by atoms with Crippen LogP contribution in [-0.4, -0.2) is 47.2 Å². The summed E-state index contributed by atoms with van der Waals surface area (Å²) in [7, 11) is 1.17.